The SMILES string of the molecule is CCCCCCCCCCCCCCCC(=O)Nc1ccc(C(=O)N[C@@H](Cc2ccccc2)[C@@H](O)C(=O)O)cc1. The highest BCUT2D eigenvalue weighted by Crippen LogP contribution is 2.15. The predicted molar refractivity (Wildman–Crippen MR) is 160 cm³/mol. The minimum absolute atomic E-state index is 0.0484. The number of aliphatic hydroxyl groups excluding tert-OH is 1. The Morgan fingerprint density at radius 3 is 1.77 bits per heavy atom. The highest BCUT2D eigenvalue weighted by molar-refractivity contribution is 5.96. The molecule has 0 saturated carbocycles. The van der Waals surface area contributed by atoms with Gasteiger partial charge in [0.1, 0.15) is 0 Å². The van der Waals surface area contributed by atoms with Gasteiger partial charge in [-0.25, -0.2) is 4.79 Å². The summed E-state index contributed by atoms with van der Waals surface area (Å²) in [4.78, 5) is 36.4. The maximum Gasteiger partial charge on any atom is 0.334 e. The fraction of sp³-hybridized carbons (Fsp3) is 0.545. The Morgan fingerprint density at radius 2 is 1.25 bits per heavy atom. The maximum atomic E-state index is 12.8. The molecular formula is C33H48N2O5. The molecule has 40 heavy (non-hydrogen) atoms. The molecule has 0 unspecified atom stereocenters. The van der Waals surface area contributed by atoms with E-state index in [0.29, 0.717) is 17.7 Å². The van der Waals surface area contributed by atoms with Gasteiger partial charge < -0.3 is 20.8 Å². The molecule has 7 heteroatoms. The molecule has 0 saturated heterocycles. The van der Waals surface area contributed by atoms with Gasteiger partial charge in [0, 0.05) is 17.7 Å². The first kappa shape index (κ1) is 33.0. The molecular weight excluding hydrogens is 504 g/mol. The van der Waals surface area contributed by atoms with E-state index < -0.39 is 24.0 Å². The second-order valence-electron chi connectivity index (χ2n) is 10.7. The summed E-state index contributed by atoms with van der Waals surface area (Å²) in [6.45, 7) is 2.25. The number of rotatable bonds is 21. The summed E-state index contributed by atoms with van der Waals surface area (Å²) >= 11 is 0. The Labute approximate surface area is 239 Å². The van der Waals surface area contributed by atoms with Crippen molar-refractivity contribution in [3.63, 3.8) is 0 Å². The van der Waals surface area contributed by atoms with Crippen LogP contribution in [0.5, 0.6) is 0 Å². The highest BCUT2D eigenvalue weighted by atomic mass is 16.4. The summed E-state index contributed by atoms with van der Waals surface area (Å²) in [5, 5.41) is 24.9. The van der Waals surface area contributed by atoms with Crippen molar-refractivity contribution < 1.29 is 24.6 Å². The number of amides is 2. The molecule has 0 bridgehead atoms. The lowest BCUT2D eigenvalue weighted by Gasteiger charge is -2.21. The molecule has 0 aliphatic carbocycles. The van der Waals surface area contributed by atoms with Crippen LogP contribution in [0.2, 0.25) is 0 Å². The Kier molecular flexibility index (Phi) is 16.3. The van der Waals surface area contributed by atoms with Crippen molar-refractivity contribution in [1.82, 2.24) is 5.32 Å². The van der Waals surface area contributed by atoms with E-state index in [1.54, 1.807) is 24.3 Å². The highest BCUT2D eigenvalue weighted by Gasteiger charge is 2.28. The molecule has 0 radical (unpaired) electrons. The lowest BCUT2D eigenvalue weighted by Crippen LogP contribution is -2.48. The molecule has 0 aromatic heterocycles. The van der Waals surface area contributed by atoms with Crippen LogP contribution in [0, 0.1) is 0 Å². The summed E-state index contributed by atoms with van der Waals surface area (Å²) < 4.78 is 0. The van der Waals surface area contributed by atoms with E-state index in [0.717, 1.165) is 24.8 Å². The largest absolute Gasteiger partial charge is 0.479 e. The molecule has 4 N–H and O–H groups in total. The first-order chi connectivity index (χ1) is 19.4. The summed E-state index contributed by atoms with van der Waals surface area (Å²) in [6, 6.07) is 14.5. The predicted octanol–water partition coefficient (Wildman–Crippen LogP) is 6.89. The van der Waals surface area contributed by atoms with Gasteiger partial charge >= 0.3 is 5.97 Å². The van der Waals surface area contributed by atoms with Crippen LogP contribution in [0.15, 0.2) is 54.6 Å². The van der Waals surface area contributed by atoms with Gasteiger partial charge in [0.05, 0.1) is 6.04 Å². The van der Waals surface area contributed by atoms with E-state index >= 15 is 0 Å². The zero-order valence-corrected chi connectivity index (χ0v) is 24.1. The number of benzene rings is 2. The van der Waals surface area contributed by atoms with Crippen LogP contribution < -0.4 is 10.6 Å². The Bertz CT molecular complexity index is 994. The molecule has 7 nitrogen and oxygen atoms in total. The number of carboxylic acids is 1. The summed E-state index contributed by atoms with van der Waals surface area (Å²) in [6.07, 6.45) is 15.3. The first-order valence-corrected chi connectivity index (χ1v) is 15.1. The number of carbonyl (C=O) groups excluding carboxylic acids is 2. The molecule has 0 aliphatic heterocycles. The zero-order chi connectivity index (χ0) is 29.0. The van der Waals surface area contributed by atoms with Crippen molar-refractivity contribution >= 4 is 23.5 Å². The van der Waals surface area contributed by atoms with Crippen molar-refractivity contribution in [3.8, 4) is 0 Å². The third-order valence-electron chi connectivity index (χ3n) is 7.19. The standard InChI is InChI=1S/C33H48N2O5/c1-2-3-4-5-6-7-8-9-10-11-12-13-17-20-30(36)34-28-23-21-27(22-24-28)32(38)35-29(31(37)33(39)40)25-26-18-15-14-16-19-26/h14-16,18-19,21-24,29,31,37H,2-13,17,20,25H2,1H3,(H,34,36)(H,35,38)(H,39,40)/t29-,31+/m0/s1. The van der Waals surface area contributed by atoms with Crippen molar-refractivity contribution in [3.05, 3.63) is 65.7 Å². The van der Waals surface area contributed by atoms with Crippen LogP contribution >= 0.6 is 0 Å². The molecule has 2 aromatic carbocycles. The Hall–Kier alpha value is -3.19. The second kappa shape index (κ2) is 19.8. The van der Waals surface area contributed by atoms with Crippen molar-refractivity contribution in [2.45, 2.75) is 115 Å². The number of hydrogen-bond donors (Lipinski definition) is 4. The molecule has 2 rings (SSSR count). The molecule has 0 fully saturated rings. The van der Waals surface area contributed by atoms with Crippen molar-refractivity contribution in [2.75, 3.05) is 5.32 Å². The van der Waals surface area contributed by atoms with Crippen LogP contribution in [-0.2, 0) is 16.0 Å². The zero-order valence-electron chi connectivity index (χ0n) is 24.1. The van der Waals surface area contributed by atoms with Gasteiger partial charge in [-0.1, -0.05) is 114 Å². The van der Waals surface area contributed by atoms with E-state index in [9.17, 15) is 24.6 Å². The molecule has 2 amide bonds. The van der Waals surface area contributed by atoms with Crippen LogP contribution in [0.1, 0.15) is 113 Å². The van der Waals surface area contributed by atoms with Gasteiger partial charge in [-0.15, -0.1) is 0 Å². The Balaban J connectivity index is 1.65. The van der Waals surface area contributed by atoms with E-state index in [4.69, 9.17) is 0 Å². The lowest BCUT2D eigenvalue weighted by molar-refractivity contribution is -0.148. The fourth-order valence-corrected chi connectivity index (χ4v) is 4.77. The quantitative estimate of drug-likeness (QED) is 0.126. The smallest absolute Gasteiger partial charge is 0.334 e. The van der Waals surface area contributed by atoms with Crippen LogP contribution in [0.3, 0.4) is 0 Å². The van der Waals surface area contributed by atoms with Gasteiger partial charge in [-0.05, 0) is 42.7 Å². The number of aliphatic carboxylic acids is 1. The monoisotopic (exact) mass is 552 g/mol. The summed E-state index contributed by atoms with van der Waals surface area (Å²) in [5.41, 5.74) is 1.71. The first-order valence-electron chi connectivity index (χ1n) is 15.1. The van der Waals surface area contributed by atoms with Gasteiger partial charge in [-0.3, -0.25) is 9.59 Å². The molecule has 220 valence electrons. The lowest BCUT2D eigenvalue weighted by atomic mass is 10.0. The third-order valence-corrected chi connectivity index (χ3v) is 7.19. The van der Waals surface area contributed by atoms with Crippen molar-refractivity contribution in [1.29, 1.82) is 0 Å². The van der Waals surface area contributed by atoms with E-state index in [1.165, 1.54) is 64.2 Å². The molecule has 0 spiro atoms. The summed E-state index contributed by atoms with van der Waals surface area (Å²) in [5.74, 6) is -1.94. The third kappa shape index (κ3) is 13.7. The Morgan fingerprint density at radius 1 is 0.725 bits per heavy atom. The van der Waals surface area contributed by atoms with Gasteiger partial charge in [0.2, 0.25) is 5.91 Å². The van der Waals surface area contributed by atoms with E-state index in [1.807, 2.05) is 30.3 Å². The maximum absolute atomic E-state index is 12.8. The van der Waals surface area contributed by atoms with E-state index in [2.05, 4.69) is 17.6 Å². The molecule has 0 aliphatic rings. The minimum atomic E-state index is -1.74. The van der Waals surface area contributed by atoms with Gasteiger partial charge in [-0.2, -0.15) is 0 Å². The molecule has 2 atom stereocenters. The van der Waals surface area contributed by atoms with Gasteiger partial charge in [0.15, 0.2) is 6.10 Å². The number of aliphatic hydroxyl groups is 1. The number of carbonyl (C=O) groups is 3. The molecule has 2 aromatic rings. The number of hydrogen-bond acceptors (Lipinski definition) is 4. The van der Waals surface area contributed by atoms with Crippen LogP contribution in [0.25, 0.3) is 0 Å². The van der Waals surface area contributed by atoms with Crippen LogP contribution in [0.4, 0.5) is 5.69 Å². The second-order valence-corrected chi connectivity index (χ2v) is 10.7. The van der Waals surface area contributed by atoms with Crippen molar-refractivity contribution in [2.24, 2.45) is 0 Å². The number of carboxylic acid groups (broad SMARTS) is 1. The van der Waals surface area contributed by atoms with Gasteiger partial charge in [0.25, 0.3) is 5.91 Å². The number of unbranched alkanes of at least 4 members (excludes halogenated alkanes) is 12. The summed E-state index contributed by atoms with van der Waals surface area (Å²) in [7, 11) is 0. The fourth-order valence-electron chi connectivity index (χ4n) is 4.77. The average Bonchev–Trinajstić information content (AvgIpc) is 2.95. The topological polar surface area (TPSA) is 116 Å². The van der Waals surface area contributed by atoms with E-state index in [-0.39, 0.29) is 12.3 Å². The number of nitrogens with one attached hydrogen (secondary N) is 2. The van der Waals surface area contributed by atoms with Crippen LogP contribution in [-0.4, -0.2) is 40.1 Å². The molecule has 0 heterocycles. The number of anilines is 1. The normalized spacial score (nSPS) is 12.4. The minimum Gasteiger partial charge on any atom is -0.479 e. The average molecular weight is 553 g/mol.